The van der Waals surface area contributed by atoms with Crippen molar-refractivity contribution < 1.29 is 13.3 Å². The first-order valence-electron chi connectivity index (χ1n) is 4.31. The lowest BCUT2D eigenvalue weighted by molar-refractivity contribution is -0.385. The van der Waals surface area contributed by atoms with Crippen LogP contribution >= 0.6 is 0 Å². The molecule has 7 nitrogen and oxygen atoms in total. The second kappa shape index (κ2) is 4.56. The van der Waals surface area contributed by atoms with E-state index in [9.17, 15) is 18.5 Å². The lowest BCUT2D eigenvalue weighted by atomic mass is 10.1. The molecule has 0 atom stereocenters. The van der Waals surface area contributed by atoms with E-state index in [2.05, 4.69) is 4.72 Å². The van der Waals surface area contributed by atoms with Gasteiger partial charge in [0.15, 0.2) is 0 Å². The highest BCUT2D eigenvalue weighted by Crippen LogP contribution is 2.18. The molecule has 1 rings (SSSR count). The van der Waals surface area contributed by atoms with E-state index >= 15 is 0 Å². The average Bonchev–Trinajstić information content (AvgIpc) is 2.13. The van der Waals surface area contributed by atoms with E-state index in [-0.39, 0.29) is 12.2 Å². The van der Waals surface area contributed by atoms with Crippen LogP contribution in [0.5, 0.6) is 0 Å². The first-order valence-corrected chi connectivity index (χ1v) is 5.85. The molecule has 0 radical (unpaired) electrons. The topological polar surface area (TPSA) is 115 Å². The monoisotopic (exact) mass is 245 g/mol. The van der Waals surface area contributed by atoms with Crippen LogP contribution in [0.1, 0.15) is 11.1 Å². The first-order chi connectivity index (χ1) is 7.29. The summed E-state index contributed by atoms with van der Waals surface area (Å²) in [5.74, 6) is 0. The van der Waals surface area contributed by atoms with Crippen LogP contribution < -0.4 is 9.86 Å². The number of nitrogens with two attached hydrogens (primary N) is 1. The molecule has 3 N–H and O–H groups in total. The largest absolute Gasteiger partial charge is 0.274 e. The Hall–Kier alpha value is -1.51. The first kappa shape index (κ1) is 12.6. The molecule has 0 spiro atoms. The van der Waals surface area contributed by atoms with Gasteiger partial charge in [-0.25, -0.2) is 5.14 Å². The van der Waals surface area contributed by atoms with Crippen LogP contribution in [0.2, 0.25) is 0 Å². The molecule has 0 saturated heterocycles. The van der Waals surface area contributed by atoms with Crippen molar-refractivity contribution in [1.82, 2.24) is 4.72 Å². The third kappa shape index (κ3) is 3.57. The molecular formula is C8H11N3O4S. The molecule has 1 aromatic carbocycles. The van der Waals surface area contributed by atoms with Crippen molar-refractivity contribution in [3.63, 3.8) is 0 Å². The number of nitrogens with one attached hydrogen (secondary N) is 1. The van der Waals surface area contributed by atoms with Crippen LogP contribution in [-0.4, -0.2) is 13.3 Å². The summed E-state index contributed by atoms with van der Waals surface area (Å²) in [5.41, 5.74) is 1.08. The second-order valence-electron chi connectivity index (χ2n) is 3.24. The highest BCUT2D eigenvalue weighted by Gasteiger charge is 2.10. The number of nitrogens with zero attached hydrogens (tertiary/aromatic N) is 1. The van der Waals surface area contributed by atoms with Crippen LogP contribution in [0.25, 0.3) is 0 Å². The number of nitro benzene ring substituents is 1. The average molecular weight is 245 g/mol. The van der Waals surface area contributed by atoms with Crippen LogP contribution in [-0.2, 0) is 16.8 Å². The van der Waals surface area contributed by atoms with Crippen molar-refractivity contribution in [2.24, 2.45) is 5.14 Å². The summed E-state index contributed by atoms with van der Waals surface area (Å²) >= 11 is 0. The van der Waals surface area contributed by atoms with Gasteiger partial charge in [0.1, 0.15) is 0 Å². The molecular weight excluding hydrogens is 234 g/mol. The van der Waals surface area contributed by atoms with Gasteiger partial charge in [0.05, 0.1) is 4.92 Å². The molecule has 0 aliphatic rings. The van der Waals surface area contributed by atoms with Crippen molar-refractivity contribution in [2.45, 2.75) is 13.5 Å². The maximum absolute atomic E-state index is 10.6. The molecule has 8 heteroatoms. The number of rotatable bonds is 4. The predicted octanol–water partition coefficient (Wildman–Crippen LogP) is 0.196. The summed E-state index contributed by atoms with van der Waals surface area (Å²) in [6.45, 7) is 1.59. The van der Waals surface area contributed by atoms with Gasteiger partial charge in [-0.2, -0.15) is 13.1 Å². The summed E-state index contributed by atoms with van der Waals surface area (Å²) < 4.78 is 23.3. The van der Waals surface area contributed by atoms with Crippen molar-refractivity contribution in [3.05, 3.63) is 39.4 Å². The van der Waals surface area contributed by atoms with Gasteiger partial charge in [0.2, 0.25) is 0 Å². The van der Waals surface area contributed by atoms with Gasteiger partial charge >= 0.3 is 0 Å². The van der Waals surface area contributed by atoms with Gasteiger partial charge in [-0.3, -0.25) is 10.1 Å². The summed E-state index contributed by atoms with van der Waals surface area (Å²) in [5, 5.41) is 15.3. The van der Waals surface area contributed by atoms with E-state index in [4.69, 9.17) is 5.14 Å². The zero-order valence-electron chi connectivity index (χ0n) is 8.50. The third-order valence-electron chi connectivity index (χ3n) is 1.94. The summed E-state index contributed by atoms with van der Waals surface area (Å²) in [4.78, 5) is 10.0. The summed E-state index contributed by atoms with van der Waals surface area (Å²) in [7, 11) is -3.75. The molecule has 0 aromatic heterocycles. The van der Waals surface area contributed by atoms with Gasteiger partial charge < -0.3 is 0 Å². The van der Waals surface area contributed by atoms with Gasteiger partial charge in [0, 0.05) is 18.2 Å². The standard InChI is InChI=1S/C8H11N3O4S/c1-6-4-7(5-10-16(9,14)15)2-3-8(6)11(12)13/h2-4,10H,5H2,1H3,(H2,9,14,15). The lowest BCUT2D eigenvalue weighted by Gasteiger charge is -2.03. The van der Waals surface area contributed by atoms with E-state index < -0.39 is 15.1 Å². The second-order valence-corrected chi connectivity index (χ2v) is 4.62. The van der Waals surface area contributed by atoms with E-state index in [1.54, 1.807) is 6.92 Å². The maximum Gasteiger partial charge on any atom is 0.274 e. The summed E-state index contributed by atoms with van der Waals surface area (Å²) in [6.07, 6.45) is 0. The summed E-state index contributed by atoms with van der Waals surface area (Å²) in [6, 6.07) is 4.34. The molecule has 1 aromatic rings. The van der Waals surface area contributed by atoms with Gasteiger partial charge in [-0.1, -0.05) is 6.07 Å². The highest BCUT2D eigenvalue weighted by atomic mass is 32.2. The zero-order valence-corrected chi connectivity index (χ0v) is 9.32. The lowest BCUT2D eigenvalue weighted by Crippen LogP contribution is -2.30. The van der Waals surface area contributed by atoms with Crippen molar-refractivity contribution in [3.8, 4) is 0 Å². The minimum absolute atomic E-state index is 0.000597. The Morgan fingerprint density at radius 2 is 2.12 bits per heavy atom. The molecule has 0 heterocycles. The SMILES string of the molecule is Cc1cc(CNS(N)(=O)=O)ccc1[N+](=O)[O-]. The number of hydrogen-bond acceptors (Lipinski definition) is 4. The fourth-order valence-electron chi connectivity index (χ4n) is 1.22. The molecule has 0 aliphatic carbocycles. The van der Waals surface area contributed by atoms with Gasteiger partial charge in [0.25, 0.3) is 15.9 Å². The molecule has 0 saturated carbocycles. The quantitative estimate of drug-likeness (QED) is 0.582. The van der Waals surface area contributed by atoms with Crippen LogP contribution in [0.4, 0.5) is 5.69 Å². The fraction of sp³-hybridized carbons (Fsp3) is 0.250. The highest BCUT2D eigenvalue weighted by molar-refractivity contribution is 7.87. The Labute approximate surface area is 92.6 Å². The van der Waals surface area contributed by atoms with Crippen molar-refractivity contribution >= 4 is 15.9 Å². The van der Waals surface area contributed by atoms with Crippen molar-refractivity contribution in [1.29, 1.82) is 0 Å². The number of nitro groups is 1. The van der Waals surface area contributed by atoms with E-state index in [1.165, 1.54) is 18.2 Å². The van der Waals surface area contributed by atoms with Gasteiger partial charge in [-0.05, 0) is 18.6 Å². The molecule has 0 aliphatic heterocycles. The number of aryl methyl sites for hydroxylation is 1. The molecule has 0 bridgehead atoms. The van der Waals surface area contributed by atoms with Crippen LogP contribution in [0.15, 0.2) is 18.2 Å². The minimum Gasteiger partial charge on any atom is -0.258 e. The van der Waals surface area contributed by atoms with Crippen LogP contribution in [0.3, 0.4) is 0 Å². The Bertz CT molecular complexity index is 512. The maximum atomic E-state index is 10.6. The number of benzene rings is 1. The molecule has 0 unspecified atom stereocenters. The molecule has 16 heavy (non-hydrogen) atoms. The molecule has 88 valence electrons. The zero-order chi connectivity index (χ0) is 12.3. The Morgan fingerprint density at radius 3 is 2.56 bits per heavy atom. The minimum atomic E-state index is -3.75. The molecule has 0 amide bonds. The van der Waals surface area contributed by atoms with E-state index in [0.717, 1.165) is 0 Å². The van der Waals surface area contributed by atoms with E-state index in [1.807, 2.05) is 0 Å². The predicted molar refractivity (Wildman–Crippen MR) is 57.8 cm³/mol. The normalized spacial score (nSPS) is 11.4. The van der Waals surface area contributed by atoms with Crippen LogP contribution in [0, 0.1) is 17.0 Å². The Kier molecular flexibility index (Phi) is 3.58. The van der Waals surface area contributed by atoms with Crippen molar-refractivity contribution in [2.75, 3.05) is 0 Å². The van der Waals surface area contributed by atoms with Gasteiger partial charge in [-0.15, -0.1) is 0 Å². The van der Waals surface area contributed by atoms with E-state index in [0.29, 0.717) is 11.1 Å². The fourth-order valence-corrected chi connectivity index (χ4v) is 1.58. The molecule has 0 fully saturated rings. The third-order valence-corrected chi connectivity index (χ3v) is 2.48. The Morgan fingerprint density at radius 1 is 1.50 bits per heavy atom. The number of hydrogen-bond donors (Lipinski definition) is 2. The smallest absolute Gasteiger partial charge is 0.258 e. The Balaban J connectivity index is 2.86.